The van der Waals surface area contributed by atoms with Gasteiger partial charge in [0, 0.05) is 37.7 Å². The standard InChI is InChI=1S/C14H26N2O3S2/c1-10(2)15-7-13-14(12(4)9-20-13)21(17,18)16-6-11(3)8-19-5/h9-11,15-16H,6-8H2,1-5H3. The second-order valence-electron chi connectivity index (χ2n) is 5.62. The van der Waals surface area contributed by atoms with Crippen molar-refractivity contribution in [3.63, 3.8) is 0 Å². The minimum Gasteiger partial charge on any atom is -0.384 e. The van der Waals surface area contributed by atoms with Crippen LogP contribution in [0.25, 0.3) is 0 Å². The van der Waals surface area contributed by atoms with E-state index >= 15 is 0 Å². The minimum atomic E-state index is -3.47. The molecule has 1 atom stereocenters. The van der Waals surface area contributed by atoms with Crippen LogP contribution >= 0.6 is 11.3 Å². The third-order valence-corrected chi connectivity index (χ3v) is 5.89. The number of methoxy groups -OCH3 is 1. The van der Waals surface area contributed by atoms with Crippen molar-refractivity contribution in [1.82, 2.24) is 10.0 Å². The summed E-state index contributed by atoms with van der Waals surface area (Å²) in [5.74, 6) is 0.140. The second kappa shape index (κ2) is 8.24. The van der Waals surface area contributed by atoms with Crippen LogP contribution in [0.2, 0.25) is 0 Å². The fourth-order valence-electron chi connectivity index (χ4n) is 1.93. The number of rotatable bonds is 9. The van der Waals surface area contributed by atoms with E-state index in [2.05, 4.69) is 10.0 Å². The maximum Gasteiger partial charge on any atom is 0.241 e. The molecule has 5 nitrogen and oxygen atoms in total. The normalized spacial score (nSPS) is 13.8. The van der Waals surface area contributed by atoms with E-state index in [0.29, 0.717) is 30.6 Å². The molecular weight excluding hydrogens is 308 g/mol. The predicted molar refractivity (Wildman–Crippen MR) is 87.3 cm³/mol. The zero-order valence-corrected chi connectivity index (χ0v) is 15.0. The fraction of sp³-hybridized carbons (Fsp3) is 0.714. The first-order valence-corrected chi connectivity index (χ1v) is 9.43. The Morgan fingerprint density at radius 3 is 2.57 bits per heavy atom. The number of nitrogens with one attached hydrogen (secondary N) is 2. The Labute approximate surface area is 132 Å². The molecule has 1 aromatic rings. The smallest absolute Gasteiger partial charge is 0.241 e. The van der Waals surface area contributed by atoms with Gasteiger partial charge in [-0.2, -0.15) is 0 Å². The van der Waals surface area contributed by atoms with Crippen LogP contribution in [0.5, 0.6) is 0 Å². The summed E-state index contributed by atoms with van der Waals surface area (Å²) in [6.45, 7) is 9.35. The first-order valence-electron chi connectivity index (χ1n) is 7.06. The fourth-order valence-corrected chi connectivity index (χ4v) is 4.86. The van der Waals surface area contributed by atoms with Crippen LogP contribution in [0.4, 0.5) is 0 Å². The number of ether oxygens (including phenoxy) is 1. The highest BCUT2D eigenvalue weighted by Crippen LogP contribution is 2.26. The Kier molecular flexibility index (Phi) is 7.29. The van der Waals surface area contributed by atoms with Gasteiger partial charge < -0.3 is 10.1 Å². The number of hydrogen-bond acceptors (Lipinski definition) is 5. The second-order valence-corrected chi connectivity index (χ2v) is 8.29. The summed E-state index contributed by atoms with van der Waals surface area (Å²) < 4.78 is 32.7. The van der Waals surface area contributed by atoms with Crippen molar-refractivity contribution >= 4 is 21.4 Å². The van der Waals surface area contributed by atoms with E-state index in [4.69, 9.17) is 4.74 Å². The molecule has 0 aliphatic rings. The van der Waals surface area contributed by atoms with Crippen LogP contribution in [0.3, 0.4) is 0 Å². The number of aryl methyl sites for hydroxylation is 1. The maximum absolute atomic E-state index is 12.5. The van der Waals surface area contributed by atoms with Gasteiger partial charge in [0.2, 0.25) is 10.0 Å². The van der Waals surface area contributed by atoms with Crippen LogP contribution in [0.1, 0.15) is 31.2 Å². The lowest BCUT2D eigenvalue weighted by atomic mass is 10.2. The Bertz CT molecular complexity index is 538. The molecule has 0 aromatic carbocycles. The first kappa shape index (κ1) is 18.6. The van der Waals surface area contributed by atoms with Gasteiger partial charge in [-0.05, 0) is 23.8 Å². The van der Waals surface area contributed by atoms with E-state index in [9.17, 15) is 8.42 Å². The summed E-state index contributed by atoms with van der Waals surface area (Å²) >= 11 is 1.48. The lowest BCUT2D eigenvalue weighted by molar-refractivity contribution is 0.161. The summed E-state index contributed by atoms with van der Waals surface area (Å²) in [6.07, 6.45) is 0. The number of thiophene rings is 1. The molecule has 0 amide bonds. The van der Waals surface area contributed by atoms with E-state index in [-0.39, 0.29) is 5.92 Å². The zero-order chi connectivity index (χ0) is 16.0. The van der Waals surface area contributed by atoms with E-state index in [1.165, 1.54) is 11.3 Å². The highest BCUT2D eigenvalue weighted by atomic mass is 32.2. The third-order valence-electron chi connectivity index (χ3n) is 3.00. The highest BCUT2D eigenvalue weighted by Gasteiger charge is 2.23. The molecule has 0 saturated heterocycles. The Morgan fingerprint density at radius 1 is 1.33 bits per heavy atom. The average Bonchev–Trinajstić information content (AvgIpc) is 2.76. The molecule has 0 aliphatic heterocycles. The van der Waals surface area contributed by atoms with Gasteiger partial charge in [0.05, 0.1) is 0 Å². The summed E-state index contributed by atoms with van der Waals surface area (Å²) in [4.78, 5) is 1.28. The van der Waals surface area contributed by atoms with Crippen LogP contribution in [0.15, 0.2) is 10.3 Å². The molecular formula is C14H26N2O3S2. The quantitative estimate of drug-likeness (QED) is 0.726. The average molecular weight is 335 g/mol. The molecule has 2 N–H and O–H groups in total. The van der Waals surface area contributed by atoms with Crippen molar-refractivity contribution in [3.8, 4) is 0 Å². The molecule has 0 bridgehead atoms. The van der Waals surface area contributed by atoms with Crippen LogP contribution in [0, 0.1) is 12.8 Å². The van der Waals surface area contributed by atoms with Gasteiger partial charge in [0.15, 0.2) is 0 Å². The summed E-state index contributed by atoms with van der Waals surface area (Å²) in [6, 6.07) is 0.317. The van der Waals surface area contributed by atoms with Crippen molar-refractivity contribution in [3.05, 3.63) is 15.8 Å². The van der Waals surface area contributed by atoms with Crippen LogP contribution in [-0.2, 0) is 21.3 Å². The monoisotopic (exact) mass is 334 g/mol. The molecule has 1 heterocycles. The zero-order valence-electron chi connectivity index (χ0n) is 13.4. The molecule has 1 rings (SSSR count). The van der Waals surface area contributed by atoms with Crippen molar-refractivity contribution in [1.29, 1.82) is 0 Å². The molecule has 122 valence electrons. The van der Waals surface area contributed by atoms with Gasteiger partial charge in [0.1, 0.15) is 4.90 Å². The molecule has 0 saturated carbocycles. The van der Waals surface area contributed by atoms with Gasteiger partial charge >= 0.3 is 0 Å². The largest absolute Gasteiger partial charge is 0.384 e. The third kappa shape index (κ3) is 5.67. The topological polar surface area (TPSA) is 67.4 Å². The Morgan fingerprint density at radius 2 is 2.00 bits per heavy atom. The molecule has 0 aliphatic carbocycles. The lowest BCUT2D eigenvalue weighted by Crippen LogP contribution is -2.31. The van der Waals surface area contributed by atoms with E-state index < -0.39 is 10.0 Å². The number of sulfonamides is 1. The van der Waals surface area contributed by atoms with Gasteiger partial charge in [-0.15, -0.1) is 11.3 Å². The van der Waals surface area contributed by atoms with Gasteiger partial charge in [-0.25, -0.2) is 13.1 Å². The lowest BCUT2D eigenvalue weighted by Gasteiger charge is -2.14. The molecule has 21 heavy (non-hydrogen) atoms. The van der Waals surface area contributed by atoms with Crippen molar-refractivity contribution < 1.29 is 13.2 Å². The molecule has 0 spiro atoms. The summed E-state index contributed by atoms with van der Waals surface area (Å²) in [5, 5.41) is 5.16. The Balaban J connectivity index is 2.84. The van der Waals surface area contributed by atoms with Crippen LogP contribution in [-0.4, -0.2) is 34.7 Å². The van der Waals surface area contributed by atoms with Crippen molar-refractivity contribution in [2.24, 2.45) is 5.92 Å². The summed E-state index contributed by atoms with van der Waals surface area (Å²) in [5.41, 5.74) is 0.799. The Hall–Kier alpha value is -0.470. The van der Waals surface area contributed by atoms with Crippen LogP contribution < -0.4 is 10.0 Å². The van der Waals surface area contributed by atoms with Crippen molar-refractivity contribution in [2.75, 3.05) is 20.3 Å². The summed E-state index contributed by atoms with van der Waals surface area (Å²) in [7, 11) is -1.86. The number of hydrogen-bond donors (Lipinski definition) is 2. The highest BCUT2D eigenvalue weighted by molar-refractivity contribution is 7.89. The van der Waals surface area contributed by atoms with Gasteiger partial charge in [-0.1, -0.05) is 20.8 Å². The first-order chi connectivity index (χ1) is 9.77. The van der Waals surface area contributed by atoms with Gasteiger partial charge in [0.25, 0.3) is 0 Å². The van der Waals surface area contributed by atoms with Crippen molar-refractivity contribution in [2.45, 2.75) is 45.2 Å². The molecule has 0 fully saturated rings. The van der Waals surface area contributed by atoms with E-state index in [1.807, 2.05) is 33.1 Å². The molecule has 0 radical (unpaired) electrons. The molecule has 1 aromatic heterocycles. The maximum atomic E-state index is 12.5. The molecule has 1 unspecified atom stereocenters. The van der Waals surface area contributed by atoms with E-state index in [1.54, 1.807) is 7.11 Å². The SMILES string of the molecule is COCC(C)CNS(=O)(=O)c1c(C)csc1CNC(C)C. The molecule has 7 heteroatoms. The van der Waals surface area contributed by atoms with Gasteiger partial charge in [-0.3, -0.25) is 0 Å². The minimum absolute atomic E-state index is 0.140. The van der Waals surface area contributed by atoms with E-state index in [0.717, 1.165) is 10.4 Å². The predicted octanol–water partition coefficient (Wildman–Crippen LogP) is 2.12.